The molecule has 1 saturated heterocycles. The van der Waals surface area contributed by atoms with Crippen LogP contribution in [0.4, 0.5) is 0 Å². The fourth-order valence-electron chi connectivity index (χ4n) is 1.24. The average molecular weight is 98.1 g/mol. The Morgan fingerprint density at radius 3 is 1.57 bits per heavy atom. The Balaban J connectivity index is 2.26. The van der Waals surface area contributed by atoms with Gasteiger partial charge in [0.1, 0.15) is 0 Å². The van der Waals surface area contributed by atoms with Crippen LogP contribution in [0.5, 0.6) is 0 Å². The van der Waals surface area contributed by atoms with Gasteiger partial charge in [-0.05, 0) is 20.3 Å². The molecule has 1 heterocycles. The molecule has 1 aliphatic carbocycles. The van der Waals surface area contributed by atoms with Crippen molar-refractivity contribution in [1.29, 1.82) is 0 Å². The summed E-state index contributed by atoms with van der Waals surface area (Å²) in [7, 11) is 0. The van der Waals surface area contributed by atoms with Crippen molar-refractivity contribution in [2.24, 2.45) is 0 Å². The molecule has 2 N–H and O–H groups in total. The lowest BCUT2D eigenvalue weighted by Crippen LogP contribution is -2.64. The number of hydrogen-bond donors (Lipinski definition) is 2. The predicted octanol–water partition coefficient (Wildman–Crippen LogP) is 0.0153. The maximum atomic E-state index is 3.15. The average Bonchev–Trinajstić information content (AvgIpc) is 1.89. The number of rotatable bonds is 0. The topological polar surface area (TPSA) is 24.1 Å². The lowest BCUT2D eigenvalue weighted by molar-refractivity contribution is 0.231. The Bertz CT molecular complexity index is 109. The van der Waals surface area contributed by atoms with E-state index in [1.54, 1.807) is 0 Å². The van der Waals surface area contributed by atoms with Gasteiger partial charge in [-0.3, -0.25) is 0 Å². The molecular formula is C5H10N2. The highest BCUT2D eigenvalue weighted by molar-refractivity contribution is 5.29. The quantitative estimate of drug-likeness (QED) is 0.446. The molecule has 2 fully saturated rings. The summed E-state index contributed by atoms with van der Waals surface area (Å²) in [6.07, 6.45) is 1.29. The molecule has 2 aliphatic rings. The largest absolute Gasteiger partial charge is 0.249 e. The molecule has 0 aromatic carbocycles. The molecule has 0 aromatic rings. The van der Waals surface area contributed by atoms with Crippen molar-refractivity contribution < 1.29 is 0 Å². The summed E-state index contributed by atoms with van der Waals surface area (Å²) in [6, 6.07) is 0. The van der Waals surface area contributed by atoms with E-state index in [2.05, 4.69) is 24.7 Å². The third-order valence-corrected chi connectivity index (χ3v) is 2.41. The molecule has 0 radical (unpaired) electrons. The van der Waals surface area contributed by atoms with Gasteiger partial charge in [0.05, 0.1) is 11.1 Å². The van der Waals surface area contributed by atoms with Gasteiger partial charge in [0, 0.05) is 0 Å². The summed E-state index contributed by atoms with van der Waals surface area (Å²) in [4.78, 5) is 0. The first-order chi connectivity index (χ1) is 3.16. The van der Waals surface area contributed by atoms with Crippen LogP contribution in [0.3, 0.4) is 0 Å². The zero-order valence-corrected chi connectivity index (χ0v) is 4.71. The molecule has 2 unspecified atom stereocenters. The second kappa shape index (κ2) is 0.644. The maximum Gasteiger partial charge on any atom is 0.0506 e. The summed E-state index contributed by atoms with van der Waals surface area (Å²) in [5, 5.41) is 0. The highest BCUT2D eigenvalue weighted by Gasteiger charge is 2.68. The van der Waals surface area contributed by atoms with Crippen LogP contribution in [-0.4, -0.2) is 11.1 Å². The van der Waals surface area contributed by atoms with Crippen molar-refractivity contribution in [2.75, 3.05) is 0 Å². The van der Waals surface area contributed by atoms with E-state index in [-0.39, 0.29) is 0 Å². The Kier molecular flexibility index (Phi) is 0.356. The van der Waals surface area contributed by atoms with Crippen molar-refractivity contribution in [3.63, 3.8) is 0 Å². The third-order valence-electron chi connectivity index (χ3n) is 2.41. The summed E-state index contributed by atoms with van der Waals surface area (Å²) in [5.41, 5.74) is 7.23. The van der Waals surface area contributed by atoms with Crippen molar-refractivity contribution in [1.82, 2.24) is 10.9 Å². The number of nitrogens with one attached hydrogen (secondary N) is 2. The van der Waals surface area contributed by atoms with Crippen LogP contribution in [0.2, 0.25) is 0 Å². The van der Waals surface area contributed by atoms with Gasteiger partial charge in [-0.1, -0.05) is 0 Å². The molecule has 7 heavy (non-hydrogen) atoms. The van der Waals surface area contributed by atoms with Gasteiger partial charge in [0.15, 0.2) is 0 Å². The van der Waals surface area contributed by atoms with Crippen LogP contribution in [0.25, 0.3) is 0 Å². The zero-order chi connectivity index (χ0) is 5.12. The van der Waals surface area contributed by atoms with Gasteiger partial charge in [0.25, 0.3) is 0 Å². The van der Waals surface area contributed by atoms with Crippen LogP contribution in [0.15, 0.2) is 0 Å². The molecule has 1 saturated carbocycles. The number of hydrazine groups is 1. The van der Waals surface area contributed by atoms with Crippen molar-refractivity contribution in [3.8, 4) is 0 Å². The van der Waals surface area contributed by atoms with Gasteiger partial charge in [-0.2, -0.15) is 0 Å². The van der Waals surface area contributed by atoms with Crippen molar-refractivity contribution in [2.45, 2.75) is 31.3 Å². The van der Waals surface area contributed by atoms with E-state index in [9.17, 15) is 0 Å². The Hall–Kier alpha value is -0.0800. The van der Waals surface area contributed by atoms with Gasteiger partial charge in [-0.15, -0.1) is 0 Å². The summed E-state index contributed by atoms with van der Waals surface area (Å²) >= 11 is 0. The van der Waals surface area contributed by atoms with Crippen molar-refractivity contribution >= 4 is 0 Å². The van der Waals surface area contributed by atoms with Gasteiger partial charge >= 0.3 is 0 Å². The summed E-state index contributed by atoms with van der Waals surface area (Å²) in [6.45, 7) is 4.48. The van der Waals surface area contributed by atoms with Crippen LogP contribution in [-0.2, 0) is 0 Å². The molecule has 2 atom stereocenters. The van der Waals surface area contributed by atoms with E-state index >= 15 is 0 Å². The Labute approximate surface area is 43.3 Å². The lowest BCUT2D eigenvalue weighted by atomic mass is 10.1. The van der Waals surface area contributed by atoms with Crippen LogP contribution >= 0.6 is 0 Å². The minimum absolute atomic E-state index is 0.465. The molecule has 0 aromatic heterocycles. The summed E-state index contributed by atoms with van der Waals surface area (Å²) < 4.78 is 0. The van der Waals surface area contributed by atoms with E-state index in [1.165, 1.54) is 6.42 Å². The molecule has 0 amide bonds. The van der Waals surface area contributed by atoms with E-state index in [1.807, 2.05) is 0 Å². The maximum absolute atomic E-state index is 3.15. The minimum atomic E-state index is 0.465. The van der Waals surface area contributed by atoms with Crippen LogP contribution < -0.4 is 10.9 Å². The van der Waals surface area contributed by atoms with E-state index in [4.69, 9.17) is 0 Å². The third kappa shape index (κ3) is 0.229. The molecule has 0 spiro atoms. The standard InChI is InChI=1S/C5H10N2/c1-4-3-5(4,2)7-6-4/h6-7H,3H2,1-2H3. The highest BCUT2D eigenvalue weighted by Crippen LogP contribution is 2.51. The predicted molar refractivity (Wildman–Crippen MR) is 27.7 cm³/mol. The zero-order valence-electron chi connectivity index (χ0n) is 4.71. The highest BCUT2D eigenvalue weighted by atomic mass is 15.6. The molecule has 1 aliphatic heterocycles. The Morgan fingerprint density at radius 1 is 1.14 bits per heavy atom. The van der Waals surface area contributed by atoms with Gasteiger partial charge in [-0.25, -0.2) is 10.9 Å². The second-order valence-electron chi connectivity index (χ2n) is 3.09. The lowest BCUT2D eigenvalue weighted by Gasteiger charge is -2.32. The van der Waals surface area contributed by atoms with Gasteiger partial charge < -0.3 is 0 Å². The van der Waals surface area contributed by atoms with E-state index in [0.717, 1.165) is 0 Å². The Morgan fingerprint density at radius 2 is 1.57 bits per heavy atom. The van der Waals surface area contributed by atoms with E-state index in [0.29, 0.717) is 11.1 Å². The molecule has 2 heteroatoms. The fraction of sp³-hybridized carbons (Fsp3) is 1.00. The molecular weight excluding hydrogens is 88.1 g/mol. The fourth-order valence-corrected chi connectivity index (χ4v) is 1.24. The second-order valence-corrected chi connectivity index (χ2v) is 3.09. The smallest absolute Gasteiger partial charge is 0.0506 e. The SMILES string of the molecule is CC12CC1(C)NN2. The van der Waals surface area contributed by atoms with Crippen LogP contribution in [0.1, 0.15) is 20.3 Å². The van der Waals surface area contributed by atoms with Crippen LogP contribution in [0, 0.1) is 0 Å². The number of hydrogen-bond acceptors (Lipinski definition) is 2. The first-order valence-corrected chi connectivity index (χ1v) is 2.71. The first kappa shape index (κ1) is 3.87. The molecule has 40 valence electrons. The molecule has 2 nitrogen and oxygen atoms in total. The minimum Gasteiger partial charge on any atom is -0.249 e. The monoisotopic (exact) mass is 98.1 g/mol. The molecule has 2 rings (SSSR count). The normalized spacial score (nSPS) is 66.0. The van der Waals surface area contributed by atoms with E-state index < -0.39 is 0 Å². The summed E-state index contributed by atoms with van der Waals surface area (Å²) in [5.74, 6) is 0. The molecule has 0 bridgehead atoms. The van der Waals surface area contributed by atoms with Gasteiger partial charge in [0.2, 0.25) is 0 Å². The number of fused-ring (bicyclic) bond motifs is 1. The van der Waals surface area contributed by atoms with Crippen molar-refractivity contribution in [3.05, 3.63) is 0 Å². The first-order valence-electron chi connectivity index (χ1n) is 2.71.